The molecule has 84 valence electrons. The van der Waals surface area contributed by atoms with Gasteiger partial charge in [-0.2, -0.15) is 0 Å². The molecule has 1 aliphatic heterocycles. The molecule has 0 radical (unpaired) electrons. The Hall–Kier alpha value is -1.24. The van der Waals surface area contributed by atoms with Gasteiger partial charge in [0.1, 0.15) is 0 Å². The maximum Gasteiger partial charge on any atom is 0.0627 e. The highest BCUT2D eigenvalue weighted by Gasteiger charge is 2.46. The lowest BCUT2D eigenvalue weighted by Crippen LogP contribution is -2.29. The molecule has 1 aromatic carbocycles. The fourth-order valence-corrected chi connectivity index (χ4v) is 2.72. The molecule has 1 spiro atoms. The number of nitrogens with one attached hydrogen (secondary N) is 1. The Bertz CT molecular complexity index is 459. The summed E-state index contributed by atoms with van der Waals surface area (Å²) in [6.07, 6.45) is 6.92. The number of hydrogen-bond acceptors (Lipinski definition) is 1. The van der Waals surface area contributed by atoms with E-state index in [1.165, 1.54) is 29.5 Å². The van der Waals surface area contributed by atoms with Crippen LogP contribution in [0.2, 0.25) is 0 Å². The lowest BCUT2D eigenvalue weighted by Gasteiger charge is -2.29. The summed E-state index contributed by atoms with van der Waals surface area (Å²) in [7, 11) is 0. The van der Waals surface area contributed by atoms with Crippen molar-refractivity contribution < 1.29 is 0 Å². The van der Waals surface area contributed by atoms with E-state index in [4.69, 9.17) is 0 Å². The van der Waals surface area contributed by atoms with E-state index >= 15 is 0 Å². The second kappa shape index (κ2) is 2.91. The number of hydrogen-bond donors (Lipinski definition) is 1. The molecule has 1 heteroatoms. The average Bonchev–Trinajstić information content (AvgIpc) is 2.97. The van der Waals surface area contributed by atoms with Crippen LogP contribution in [0.4, 0.5) is 0 Å². The summed E-state index contributed by atoms with van der Waals surface area (Å²) in [5, 5.41) is 3.52. The normalized spacial score (nSPS) is 20.4. The third-order valence-electron chi connectivity index (χ3n) is 3.79. The van der Waals surface area contributed by atoms with Crippen LogP contribution in [0.5, 0.6) is 0 Å². The van der Waals surface area contributed by atoms with Crippen LogP contribution >= 0.6 is 0 Å². The molecular formula is C15H19N. The second-order valence-corrected chi connectivity index (χ2v) is 6.08. The van der Waals surface area contributed by atoms with Crippen LogP contribution in [-0.2, 0) is 11.0 Å². The summed E-state index contributed by atoms with van der Waals surface area (Å²) in [6.45, 7) is 6.87. The van der Waals surface area contributed by atoms with Gasteiger partial charge in [-0.3, -0.25) is 0 Å². The van der Waals surface area contributed by atoms with E-state index in [2.05, 4.69) is 56.6 Å². The van der Waals surface area contributed by atoms with Gasteiger partial charge in [0, 0.05) is 0 Å². The first-order valence-corrected chi connectivity index (χ1v) is 6.11. The zero-order chi connectivity index (χ0) is 11.4. The van der Waals surface area contributed by atoms with E-state index in [1.54, 1.807) is 0 Å². The predicted molar refractivity (Wildman–Crippen MR) is 68.2 cm³/mol. The number of fused-ring (bicyclic) bond motifs is 2. The lowest BCUT2D eigenvalue weighted by molar-refractivity contribution is 0.572. The van der Waals surface area contributed by atoms with Crippen molar-refractivity contribution in [1.82, 2.24) is 5.32 Å². The van der Waals surface area contributed by atoms with Gasteiger partial charge in [0.15, 0.2) is 0 Å². The molecule has 1 heterocycles. The van der Waals surface area contributed by atoms with Gasteiger partial charge in [0.25, 0.3) is 0 Å². The molecule has 1 saturated carbocycles. The minimum atomic E-state index is 0.225. The third-order valence-corrected chi connectivity index (χ3v) is 3.79. The largest absolute Gasteiger partial charge is 0.381 e. The molecule has 0 aromatic heterocycles. The smallest absolute Gasteiger partial charge is 0.0627 e. The Morgan fingerprint density at radius 2 is 1.94 bits per heavy atom. The van der Waals surface area contributed by atoms with Crippen LogP contribution in [0.25, 0.3) is 6.08 Å². The van der Waals surface area contributed by atoms with Crippen molar-refractivity contribution in [3.63, 3.8) is 0 Å². The summed E-state index contributed by atoms with van der Waals surface area (Å²) < 4.78 is 0. The Morgan fingerprint density at radius 1 is 1.19 bits per heavy atom. The van der Waals surface area contributed by atoms with E-state index in [0.29, 0.717) is 0 Å². The van der Waals surface area contributed by atoms with Gasteiger partial charge < -0.3 is 5.32 Å². The van der Waals surface area contributed by atoms with E-state index in [0.717, 1.165) is 0 Å². The number of rotatable bonds is 0. The molecule has 16 heavy (non-hydrogen) atoms. The second-order valence-electron chi connectivity index (χ2n) is 6.08. The average molecular weight is 213 g/mol. The predicted octanol–water partition coefficient (Wildman–Crippen LogP) is 3.55. The van der Waals surface area contributed by atoms with Crippen molar-refractivity contribution in [2.45, 2.75) is 44.6 Å². The first-order valence-electron chi connectivity index (χ1n) is 6.11. The van der Waals surface area contributed by atoms with Gasteiger partial charge in [0.2, 0.25) is 0 Å². The van der Waals surface area contributed by atoms with Gasteiger partial charge >= 0.3 is 0 Å². The maximum absolute atomic E-state index is 3.52. The molecule has 0 atom stereocenters. The van der Waals surface area contributed by atoms with Crippen LogP contribution in [0.1, 0.15) is 50.3 Å². The Balaban J connectivity index is 2.21. The Morgan fingerprint density at radius 3 is 2.56 bits per heavy atom. The molecule has 0 saturated heterocycles. The molecule has 1 fully saturated rings. The van der Waals surface area contributed by atoms with Crippen molar-refractivity contribution in [1.29, 1.82) is 0 Å². The molecule has 2 aliphatic rings. The molecule has 1 aliphatic carbocycles. The van der Waals surface area contributed by atoms with Crippen LogP contribution in [0.15, 0.2) is 24.4 Å². The van der Waals surface area contributed by atoms with Gasteiger partial charge in [0.05, 0.1) is 5.54 Å². The van der Waals surface area contributed by atoms with E-state index < -0.39 is 0 Å². The standard InChI is InChI=1S/C15H19N/c1-14(2,3)12-5-4-6-13-11(12)7-10-16-15(13)8-9-15/h4-7,10,16H,8-9H2,1-3H3. The van der Waals surface area contributed by atoms with Crippen LogP contribution in [0, 0.1) is 0 Å². The van der Waals surface area contributed by atoms with Gasteiger partial charge in [-0.1, -0.05) is 39.0 Å². The summed E-state index contributed by atoms with van der Waals surface area (Å²) in [4.78, 5) is 0. The quantitative estimate of drug-likeness (QED) is 0.695. The zero-order valence-corrected chi connectivity index (χ0v) is 10.3. The minimum Gasteiger partial charge on any atom is -0.381 e. The molecule has 1 aromatic rings. The Kier molecular flexibility index (Phi) is 1.81. The summed E-state index contributed by atoms with van der Waals surface area (Å²) in [5.74, 6) is 0. The SMILES string of the molecule is CC(C)(C)c1cccc2c1C=CNC21CC1. The highest BCUT2D eigenvalue weighted by atomic mass is 15.0. The first-order chi connectivity index (χ1) is 7.53. The van der Waals surface area contributed by atoms with Crippen LogP contribution in [0.3, 0.4) is 0 Å². The fraction of sp³-hybridized carbons (Fsp3) is 0.467. The van der Waals surface area contributed by atoms with Crippen molar-refractivity contribution in [2.24, 2.45) is 0 Å². The number of benzene rings is 1. The van der Waals surface area contributed by atoms with Gasteiger partial charge in [-0.05, 0) is 47.2 Å². The van der Waals surface area contributed by atoms with E-state index in [9.17, 15) is 0 Å². The minimum absolute atomic E-state index is 0.225. The molecule has 1 N–H and O–H groups in total. The molecule has 0 bridgehead atoms. The lowest BCUT2D eigenvalue weighted by atomic mass is 9.80. The van der Waals surface area contributed by atoms with Crippen LogP contribution in [-0.4, -0.2) is 0 Å². The first kappa shape index (κ1) is 9.95. The zero-order valence-electron chi connectivity index (χ0n) is 10.3. The summed E-state index contributed by atoms with van der Waals surface area (Å²) in [5.41, 5.74) is 4.93. The molecular weight excluding hydrogens is 194 g/mol. The fourth-order valence-electron chi connectivity index (χ4n) is 2.72. The monoisotopic (exact) mass is 213 g/mol. The van der Waals surface area contributed by atoms with Crippen LogP contribution < -0.4 is 5.32 Å². The van der Waals surface area contributed by atoms with E-state index in [1.807, 2.05) is 0 Å². The van der Waals surface area contributed by atoms with Crippen molar-refractivity contribution in [2.75, 3.05) is 0 Å². The van der Waals surface area contributed by atoms with Gasteiger partial charge in [-0.25, -0.2) is 0 Å². The highest BCUT2D eigenvalue weighted by Crippen LogP contribution is 2.50. The highest BCUT2D eigenvalue weighted by molar-refractivity contribution is 5.65. The van der Waals surface area contributed by atoms with Crippen molar-refractivity contribution in [3.05, 3.63) is 41.1 Å². The molecule has 0 unspecified atom stereocenters. The van der Waals surface area contributed by atoms with Gasteiger partial charge in [-0.15, -0.1) is 0 Å². The molecule has 3 rings (SSSR count). The third kappa shape index (κ3) is 1.31. The summed E-state index contributed by atoms with van der Waals surface area (Å²) >= 11 is 0. The van der Waals surface area contributed by atoms with E-state index in [-0.39, 0.29) is 11.0 Å². The molecule has 0 amide bonds. The van der Waals surface area contributed by atoms with Crippen molar-refractivity contribution >= 4 is 6.08 Å². The van der Waals surface area contributed by atoms with Crippen molar-refractivity contribution in [3.8, 4) is 0 Å². The molecule has 1 nitrogen and oxygen atoms in total. The summed E-state index contributed by atoms with van der Waals surface area (Å²) in [6, 6.07) is 6.76. The topological polar surface area (TPSA) is 12.0 Å². The maximum atomic E-state index is 3.52. The Labute approximate surface area is 97.6 Å².